The molecular weight excluding hydrogens is 209 g/mol. The zero-order valence-electron chi connectivity index (χ0n) is 5.57. The Hall–Kier alpha value is -0.830. The third-order valence-corrected chi connectivity index (χ3v) is 2.09. The van der Waals surface area contributed by atoms with Crippen LogP contribution in [-0.4, -0.2) is 4.98 Å². The van der Waals surface area contributed by atoms with E-state index in [4.69, 9.17) is 0 Å². The van der Waals surface area contributed by atoms with Gasteiger partial charge in [-0.15, -0.1) is 0 Å². The fourth-order valence-electron chi connectivity index (χ4n) is 1.06. The van der Waals surface area contributed by atoms with Crippen LogP contribution in [0.25, 0.3) is 10.9 Å². The third kappa shape index (κ3) is 1.05. The summed E-state index contributed by atoms with van der Waals surface area (Å²) in [5, 5.41) is 0.633. The second-order valence-corrected chi connectivity index (χ2v) is 3.24. The highest BCUT2D eigenvalue weighted by atomic mass is 79.9. The molecule has 1 N–H and O–H groups in total. The number of H-pyrrole nitrogens is 1. The Morgan fingerprint density at radius 2 is 2.18 bits per heavy atom. The Kier molecular flexibility index (Phi) is 1.46. The number of hydrogen-bond acceptors (Lipinski definition) is 0. The van der Waals surface area contributed by atoms with Crippen molar-refractivity contribution in [2.45, 2.75) is 0 Å². The Morgan fingerprint density at radius 1 is 1.36 bits per heavy atom. The van der Waals surface area contributed by atoms with Crippen molar-refractivity contribution in [2.24, 2.45) is 0 Å². The van der Waals surface area contributed by atoms with Gasteiger partial charge < -0.3 is 4.98 Å². The van der Waals surface area contributed by atoms with Crippen molar-refractivity contribution in [1.29, 1.82) is 0 Å². The van der Waals surface area contributed by atoms with Gasteiger partial charge >= 0.3 is 0 Å². The Morgan fingerprint density at radius 3 is 3.00 bits per heavy atom. The highest BCUT2D eigenvalue weighted by molar-refractivity contribution is 9.10. The number of aromatic amines is 1. The molecule has 0 radical (unpaired) electrons. The van der Waals surface area contributed by atoms with Crippen molar-refractivity contribution in [3.8, 4) is 0 Å². The second-order valence-electron chi connectivity index (χ2n) is 2.33. The molecule has 0 aliphatic rings. The van der Waals surface area contributed by atoms with E-state index in [1.54, 1.807) is 6.07 Å². The number of hydrogen-bond donors (Lipinski definition) is 1. The summed E-state index contributed by atoms with van der Waals surface area (Å²) < 4.78 is 13.8. The van der Waals surface area contributed by atoms with Crippen molar-refractivity contribution in [3.63, 3.8) is 0 Å². The van der Waals surface area contributed by atoms with E-state index in [9.17, 15) is 4.39 Å². The van der Waals surface area contributed by atoms with Crippen LogP contribution < -0.4 is 0 Å². The van der Waals surface area contributed by atoms with Crippen LogP contribution in [0.15, 0.2) is 28.9 Å². The molecule has 56 valence electrons. The van der Waals surface area contributed by atoms with Crippen LogP contribution in [0.5, 0.6) is 0 Å². The molecule has 0 saturated carbocycles. The van der Waals surface area contributed by atoms with Gasteiger partial charge in [0.2, 0.25) is 0 Å². The Balaban J connectivity index is 2.86. The minimum atomic E-state index is -0.201. The molecule has 1 nitrogen and oxygen atoms in total. The van der Waals surface area contributed by atoms with Crippen LogP contribution in [-0.2, 0) is 0 Å². The highest BCUT2D eigenvalue weighted by Crippen LogP contribution is 2.20. The van der Waals surface area contributed by atoms with Crippen LogP contribution in [0.4, 0.5) is 4.39 Å². The van der Waals surface area contributed by atoms with Crippen LogP contribution in [0, 0.1) is 5.82 Å². The molecule has 0 spiro atoms. The van der Waals surface area contributed by atoms with E-state index in [1.165, 1.54) is 6.20 Å². The molecule has 0 atom stereocenters. The fraction of sp³-hybridized carbons (Fsp3) is 0. The van der Waals surface area contributed by atoms with Crippen molar-refractivity contribution in [3.05, 3.63) is 34.7 Å². The number of benzene rings is 1. The molecule has 11 heavy (non-hydrogen) atoms. The molecule has 2 aromatic rings. The van der Waals surface area contributed by atoms with Gasteiger partial charge in [0.05, 0.1) is 0 Å². The molecule has 1 aromatic heterocycles. The van der Waals surface area contributed by atoms with Crippen LogP contribution >= 0.6 is 15.9 Å². The first kappa shape index (κ1) is 6.85. The third-order valence-electron chi connectivity index (χ3n) is 1.59. The van der Waals surface area contributed by atoms with Crippen LogP contribution in [0.2, 0.25) is 0 Å². The van der Waals surface area contributed by atoms with Gasteiger partial charge in [0.25, 0.3) is 0 Å². The van der Waals surface area contributed by atoms with Crippen molar-refractivity contribution < 1.29 is 4.39 Å². The zero-order valence-corrected chi connectivity index (χ0v) is 7.15. The lowest BCUT2D eigenvalue weighted by Crippen LogP contribution is -1.68. The first-order chi connectivity index (χ1) is 5.27. The number of fused-ring (bicyclic) bond motifs is 1. The molecule has 0 aliphatic heterocycles. The second kappa shape index (κ2) is 2.34. The predicted molar refractivity (Wildman–Crippen MR) is 46.0 cm³/mol. The molecule has 0 fully saturated rings. The Labute approximate surface area is 71.4 Å². The maximum absolute atomic E-state index is 12.8. The number of aromatic nitrogens is 1. The topological polar surface area (TPSA) is 15.8 Å². The SMILES string of the molecule is Fc1c[nH]c2cc(Br)ccc12. The van der Waals surface area contributed by atoms with Crippen molar-refractivity contribution >= 4 is 26.8 Å². The molecule has 2 rings (SSSR count). The Bertz CT molecular complexity index is 394. The summed E-state index contributed by atoms with van der Waals surface area (Å²) in [6, 6.07) is 5.41. The fourth-order valence-corrected chi connectivity index (χ4v) is 1.42. The molecule has 1 heterocycles. The summed E-state index contributed by atoms with van der Waals surface area (Å²) in [5.74, 6) is -0.201. The monoisotopic (exact) mass is 213 g/mol. The number of nitrogens with one attached hydrogen (secondary N) is 1. The van der Waals surface area contributed by atoms with E-state index in [0.29, 0.717) is 5.39 Å². The summed E-state index contributed by atoms with van der Waals surface area (Å²) in [4.78, 5) is 2.82. The van der Waals surface area contributed by atoms with Gasteiger partial charge in [-0.2, -0.15) is 0 Å². The lowest BCUT2D eigenvalue weighted by molar-refractivity contribution is 0.639. The van der Waals surface area contributed by atoms with Crippen molar-refractivity contribution in [2.75, 3.05) is 0 Å². The normalized spacial score (nSPS) is 10.7. The minimum absolute atomic E-state index is 0.201. The zero-order chi connectivity index (χ0) is 7.84. The number of rotatable bonds is 0. The summed E-state index contributed by atoms with van der Waals surface area (Å²) in [7, 11) is 0. The molecule has 0 aliphatic carbocycles. The average molecular weight is 214 g/mol. The van der Waals surface area contributed by atoms with Crippen LogP contribution in [0.3, 0.4) is 0 Å². The highest BCUT2D eigenvalue weighted by Gasteiger charge is 2.00. The van der Waals surface area contributed by atoms with E-state index in [0.717, 1.165) is 9.99 Å². The number of halogens is 2. The van der Waals surface area contributed by atoms with Gasteiger partial charge in [0.15, 0.2) is 0 Å². The lowest BCUT2D eigenvalue weighted by Gasteiger charge is -1.89. The van der Waals surface area contributed by atoms with E-state index < -0.39 is 0 Å². The van der Waals surface area contributed by atoms with E-state index in [-0.39, 0.29) is 5.82 Å². The average Bonchev–Trinajstić information content (AvgIpc) is 2.32. The van der Waals surface area contributed by atoms with E-state index in [1.807, 2.05) is 12.1 Å². The lowest BCUT2D eigenvalue weighted by atomic mass is 10.2. The molecule has 3 heteroatoms. The van der Waals surface area contributed by atoms with E-state index in [2.05, 4.69) is 20.9 Å². The smallest absolute Gasteiger partial charge is 0.148 e. The molecule has 0 amide bonds. The molecule has 0 saturated heterocycles. The van der Waals surface area contributed by atoms with Gasteiger partial charge in [-0.3, -0.25) is 0 Å². The van der Waals surface area contributed by atoms with Gasteiger partial charge in [-0.25, -0.2) is 4.39 Å². The maximum Gasteiger partial charge on any atom is 0.148 e. The predicted octanol–water partition coefficient (Wildman–Crippen LogP) is 3.07. The minimum Gasteiger partial charge on any atom is -0.359 e. The maximum atomic E-state index is 12.8. The van der Waals surface area contributed by atoms with Gasteiger partial charge in [-0.1, -0.05) is 15.9 Å². The summed E-state index contributed by atoms with van der Waals surface area (Å²) in [6.07, 6.45) is 1.36. The largest absolute Gasteiger partial charge is 0.359 e. The molecule has 1 aromatic carbocycles. The van der Waals surface area contributed by atoms with Crippen molar-refractivity contribution in [1.82, 2.24) is 4.98 Å². The summed E-state index contributed by atoms with van der Waals surface area (Å²) in [6.45, 7) is 0. The molecular formula is C8H5BrFN. The standard InChI is InChI=1S/C8H5BrFN/c9-5-1-2-6-7(10)4-11-8(6)3-5/h1-4,11H. The molecule has 0 bridgehead atoms. The van der Waals surface area contributed by atoms with Crippen LogP contribution in [0.1, 0.15) is 0 Å². The van der Waals surface area contributed by atoms with Gasteiger partial charge in [0.1, 0.15) is 5.82 Å². The van der Waals surface area contributed by atoms with Gasteiger partial charge in [-0.05, 0) is 18.2 Å². The van der Waals surface area contributed by atoms with Gasteiger partial charge in [0, 0.05) is 21.6 Å². The first-order valence-corrected chi connectivity index (χ1v) is 3.99. The molecule has 0 unspecified atom stereocenters. The summed E-state index contributed by atoms with van der Waals surface area (Å²) >= 11 is 3.30. The summed E-state index contributed by atoms with van der Waals surface area (Å²) in [5.41, 5.74) is 0.817. The van der Waals surface area contributed by atoms with E-state index >= 15 is 0 Å². The first-order valence-electron chi connectivity index (χ1n) is 3.19. The quantitative estimate of drug-likeness (QED) is 0.693.